The Kier molecular flexibility index (Phi) is 11.0. The van der Waals surface area contributed by atoms with Gasteiger partial charge in [0.15, 0.2) is 0 Å². The number of carbonyl (C=O) groups is 2. The van der Waals surface area contributed by atoms with Gasteiger partial charge >= 0.3 is 12.1 Å². The molecule has 1 aromatic heterocycles. The third-order valence-corrected chi connectivity index (χ3v) is 7.65. The number of carboxylic acid groups (broad SMARTS) is 1. The van der Waals surface area contributed by atoms with Crippen molar-refractivity contribution in [1.29, 1.82) is 0 Å². The number of nitrogens with zero attached hydrogens (tertiary/aromatic N) is 1. The molecule has 0 aliphatic carbocycles. The molecular formula is C29H32ClF3N2O3S. The molecule has 1 atom stereocenters. The third-order valence-electron chi connectivity index (χ3n) is 6.39. The third kappa shape index (κ3) is 9.37. The molecule has 0 bridgehead atoms. The summed E-state index contributed by atoms with van der Waals surface area (Å²) < 4.78 is 31.7. The molecule has 0 radical (unpaired) electrons. The highest BCUT2D eigenvalue weighted by Crippen LogP contribution is 2.31. The van der Waals surface area contributed by atoms with E-state index >= 15 is 0 Å². The smallest absolute Gasteiger partial charge is 0.475 e. The fourth-order valence-corrected chi connectivity index (χ4v) is 5.35. The van der Waals surface area contributed by atoms with Gasteiger partial charge in [0, 0.05) is 29.7 Å². The van der Waals surface area contributed by atoms with Crippen molar-refractivity contribution < 1.29 is 27.9 Å². The highest BCUT2D eigenvalue weighted by molar-refractivity contribution is 7.12. The van der Waals surface area contributed by atoms with Gasteiger partial charge in [-0.2, -0.15) is 13.2 Å². The van der Waals surface area contributed by atoms with Crippen LogP contribution in [0.25, 0.3) is 11.1 Å². The first-order chi connectivity index (χ1) is 18.4. The van der Waals surface area contributed by atoms with Crippen molar-refractivity contribution in [2.75, 3.05) is 13.1 Å². The summed E-state index contributed by atoms with van der Waals surface area (Å²) in [5.41, 5.74) is 4.68. The normalized spacial score (nSPS) is 16.2. The summed E-state index contributed by atoms with van der Waals surface area (Å²) in [5.74, 6) is -2.19. The lowest BCUT2D eigenvalue weighted by molar-refractivity contribution is -0.192. The van der Waals surface area contributed by atoms with E-state index < -0.39 is 12.1 Å². The maximum absolute atomic E-state index is 13.0. The standard InChI is InChI=1S/C27H31ClN2OS.C2HF3O2/c1-19(2)21-12-10-20(11-13-21)16-30-14-6-5-7-23(17-30)29-27(31)26-15-22(18-32-26)24-8-3-4-9-25(24)28;3-2(4,5)1(6)7/h3-4,8-13,15,18-19,23H,5-7,14,16-17H2,1-2H3,(H,29,31);(H,6,7). The van der Waals surface area contributed by atoms with Crippen LogP contribution in [0, 0.1) is 0 Å². The van der Waals surface area contributed by atoms with Crippen LogP contribution >= 0.6 is 22.9 Å². The molecule has 1 amide bonds. The molecule has 2 heterocycles. The lowest BCUT2D eigenvalue weighted by atomic mass is 10.0. The fourth-order valence-electron chi connectivity index (χ4n) is 4.30. The molecule has 0 saturated carbocycles. The minimum absolute atomic E-state index is 0.0152. The topological polar surface area (TPSA) is 69.6 Å². The number of alkyl halides is 3. The van der Waals surface area contributed by atoms with Crippen molar-refractivity contribution >= 4 is 34.8 Å². The molecule has 1 aliphatic heterocycles. The van der Waals surface area contributed by atoms with Gasteiger partial charge in [-0.3, -0.25) is 9.69 Å². The second-order valence-corrected chi connectivity index (χ2v) is 11.1. The zero-order chi connectivity index (χ0) is 28.6. The molecule has 4 rings (SSSR count). The first kappa shape index (κ1) is 30.7. The minimum atomic E-state index is -5.08. The van der Waals surface area contributed by atoms with Crippen molar-refractivity contribution in [3.05, 3.63) is 81.0 Å². The van der Waals surface area contributed by atoms with Gasteiger partial charge in [0.25, 0.3) is 5.91 Å². The molecule has 10 heteroatoms. The van der Waals surface area contributed by atoms with Crippen LogP contribution in [0.3, 0.4) is 0 Å². The molecule has 1 fully saturated rings. The summed E-state index contributed by atoms with van der Waals surface area (Å²) >= 11 is 7.80. The molecule has 3 aromatic rings. The number of hydrogen-bond donors (Lipinski definition) is 2. The zero-order valence-corrected chi connectivity index (χ0v) is 23.4. The Morgan fingerprint density at radius 1 is 1.13 bits per heavy atom. The minimum Gasteiger partial charge on any atom is -0.475 e. The predicted molar refractivity (Wildman–Crippen MR) is 149 cm³/mol. The quantitative estimate of drug-likeness (QED) is 0.315. The molecule has 5 nitrogen and oxygen atoms in total. The van der Waals surface area contributed by atoms with Crippen molar-refractivity contribution in [2.24, 2.45) is 0 Å². The number of nitrogens with one attached hydrogen (secondary N) is 1. The SMILES string of the molecule is CC(C)c1ccc(CN2CCCCC(NC(=O)c3cc(-c4ccccc4Cl)cs3)C2)cc1.O=C(O)C(F)(F)F. The van der Waals surface area contributed by atoms with Gasteiger partial charge < -0.3 is 10.4 Å². The number of rotatable bonds is 6. The van der Waals surface area contributed by atoms with Gasteiger partial charge in [-0.15, -0.1) is 11.3 Å². The van der Waals surface area contributed by atoms with Gasteiger partial charge in [0.2, 0.25) is 0 Å². The number of amides is 1. The Morgan fingerprint density at radius 3 is 2.41 bits per heavy atom. The van der Waals surface area contributed by atoms with Crippen LogP contribution in [0.15, 0.2) is 60.0 Å². The van der Waals surface area contributed by atoms with Crippen LogP contribution in [-0.4, -0.2) is 47.2 Å². The lowest BCUT2D eigenvalue weighted by Gasteiger charge is -2.25. The Balaban J connectivity index is 0.000000532. The van der Waals surface area contributed by atoms with Gasteiger partial charge in [-0.05, 0) is 59.5 Å². The highest BCUT2D eigenvalue weighted by atomic mass is 35.5. The summed E-state index contributed by atoms with van der Waals surface area (Å²) in [7, 11) is 0. The molecule has 1 aliphatic rings. The fraction of sp³-hybridized carbons (Fsp3) is 0.379. The van der Waals surface area contributed by atoms with E-state index in [9.17, 15) is 18.0 Å². The zero-order valence-electron chi connectivity index (χ0n) is 21.8. The summed E-state index contributed by atoms with van der Waals surface area (Å²) in [5, 5.41) is 13.1. The second-order valence-electron chi connectivity index (χ2n) is 9.78. The summed E-state index contributed by atoms with van der Waals surface area (Å²) in [4.78, 5) is 25.1. The number of likely N-dealkylation sites (tertiary alicyclic amines) is 1. The molecule has 1 saturated heterocycles. The monoisotopic (exact) mass is 580 g/mol. The number of hydrogen-bond acceptors (Lipinski definition) is 4. The van der Waals surface area contributed by atoms with E-state index in [0.29, 0.717) is 10.9 Å². The molecule has 210 valence electrons. The maximum Gasteiger partial charge on any atom is 0.490 e. The number of carbonyl (C=O) groups excluding carboxylic acids is 1. The lowest BCUT2D eigenvalue weighted by Crippen LogP contribution is -2.42. The van der Waals surface area contributed by atoms with Crippen LogP contribution < -0.4 is 5.32 Å². The Bertz CT molecular complexity index is 1250. The molecule has 2 aromatic carbocycles. The first-order valence-corrected chi connectivity index (χ1v) is 14.0. The average molecular weight is 581 g/mol. The van der Waals surface area contributed by atoms with Crippen molar-refractivity contribution in [3.8, 4) is 11.1 Å². The van der Waals surface area contributed by atoms with E-state index in [1.165, 1.54) is 28.9 Å². The van der Waals surface area contributed by atoms with Crippen LogP contribution in [0.2, 0.25) is 5.02 Å². The van der Waals surface area contributed by atoms with Crippen LogP contribution in [0.1, 0.15) is 59.8 Å². The predicted octanol–water partition coefficient (Wildman–Crippen LogP) is 7.61. The van der Waals surface area contributed by atoms with Crippen molar-refractivity contribution in [3.63, 3.8) is 0 Å². The second kappa shape index (κ2) is 14.0. The number of halogens is 4. The summed E-state index contributed by atoms with van der Waals surface area (Å²) in [6, 6.07) is 18.9. The van der Waals surface area contributed by atoms with Crippen molar-refractivity contribution in [1.82, 2.24) is 10.2 Å². The summed E-state index contributed by atoms with van der Waals surface area (Å²) in [6.45, 7) is 7.35. The van der Waals surface area contributed by atoms with E-state index in [4.69, 9.17) is 21.5 Å². The van der Waals surface area contributed by atoms with Crippen LogP contribution in [-0.2, 0) is 11.3 Å². The number of benzene rings is 2. The molecule has 39 heavy (non-hydrogen) atoms. The van der Waals surface area contributed by atoms with Crippen LogP contribution in [0.4, 0.5) is 13.2 Å². The largest absolute Gasteiger partial charge is 0.490 e. The highest BCUT2D eigenvalue weighted by Gasteiger charge is 2.38. The van der Waals surface area contributed by atoms with E-state index in [1.54, 1.807) is 0 Å². The summed E-state index contributed by atoms with van der Waals surface area (Å²) in [6.07, 6.45) is -1.74. The van der Waals surface area contributed by atoms with Gasteiger partial charge in [-0.1, -0.05) is 74.3 Å². The van der Waals surface area contributed by atoms with E-state index in [2.05, 4.69) is 48.3 Å². The van der Waals surface area contributed by atoms with E-state index in [-0.39, 0.29) is 11.9 Å². The Labute approximate surface area is 235 Å². The molecular weight excluding hydrogens is 549 g/mol. The van der Waals surface area contributed by atoms with Crippen LogP contribution in [0.5, 0.6) is 0 Å². The average Bonchev–Trinajstić information content (AvgIpc) is 3.27. The first-order valence-electron chi connectivity index (χ1n) is 12.7. The molecule has 2 N–H and O–H groups in total. The maximum atomic E-state index is 13.0. The van der Waals surface area contributed by atoms with Gasteiger partial charge in [0.05, 0.1) is 4.88 Å². The Morgan fingerprint density at radius 2 is 1.79 bits per heavy atom. The van der Waals surface area contributed by atoms with E-state index in [0.717, 1.165) is 48.5 Å². The number of carboxylic acids is 1. The number of aliphatic carboxylic acids is 1. The van der Waals surface area contributed by atoms with E-state index in [1.807, 2.05) is 35.7 Å². The Hall–Kier alpha value is -2.88. The van der Waals surface area contributed by atoms with Gasteiger partial charge in [-0.25, -0.2) is 4.79 Å². The molecule has 1 unspecified atom stereocenters. The number of thiophene rings is 1. The van der Waals surface area contributed by atoms with Crippen molar-refractivity contribution in [2.45, 2.75) is 57.8 Å². The molecule has 0 spiro atoms. The van der Waals surface area contributed by atoms with Gasteiger partial charge in [0.1, 0.15) is 0 Å².